The molecule has 1 aromatic heterocycles. The number of aromatic nitrogens is 2. The number of esters is 2. The van der Waals surface area contributed by atoms with Crippen LogP contribution in [0.1, 0.15) is 22.5 Å². The lowest BCUT2D eigenvalue weighted by Crippen LogP contribution is -2.54. The van der Waals surface area contributed by atoms with E-state index in [0.29, 0.717) is 22.4 Å². The first kappa shape index (κ1) is 20.3. The first-order chi connectivity index (χ1) is 15.4. The molecule has 2 atom stereocenters. The minimum Gasteiger partial charge on any atom is -0.468 e. The second-order valence-corrected chi connectivity index (χ2v) is 8.56. The summed E-state index contributed by atoms with van der Waals surface area (Å²) in [5.41, 5.74) is 0.889. The molecule has 0 aliphatic heterocycles. The van der Waals surface area contributed by atoms with Crippen molar-refractivity contribution < 1.29 is 23.9 Å². The Balaban J connectivity index is 1.85. The fourth-order valence-electron chi connectivity index (χ4n) is 5.25. The first-order valence-electron chi connectivity index (χ1n) is 10.5. The number of carbonyl (C=O) groups excluding carboxylic acids is 3. The van der Waals surface area contributed by atoms with Gasteiger partial charge in [-0.25, -0.2) is 9.97 Å². The molecule has 2 aliphatic rings. The maximum atomic E-state index is 14.3. The van der Waals surface area contributed by atoms with Gasteiger partial charge in [-0.1, -0.05) is 36.4 Å². The molecule has 7 heteroatoms. The van der Waals surface area contributed by atoms with Crippen molar-refractivity contribution in [3.05, 3.63) is 71.0 Å². The van der Waals surface area contributed by atoms with Crippen molar-refractivity contribution in [2.24, 2.45) is 10.8 Å². The maximum Gasteiger partial charge on any atom is 0.320 e. The van der Waals surface area contributed by atoms with Crippen molar-refractivity contribution in [3.63, 3.8) is 0 Å². The van der Waals surface area contributed by atoms with Crippen molar-refractivity contribution >= 4 is 28.8 Å². The summed E-state index contributed by atoms with van der Waals surface area (Å²) >= 11 is 0. The van der Waals surface area contributed by atoms with Crippen LogP contribution in [-0.2, 0) is 49.5 Å². The summed E-state index contributed by atoms with van der Waals surface area (Å²) in [6.45, 7) is 0. The van der Waals surface area contributed by atoms with E-state index in [2.05, 4.69) is 0 Å². The van der Waals surface area contributed by atoms with Crippen molar-refractivity contribution in [1.82, 2.24) is 9.97 Å². The van der Waals surface area contributed by atoms with Crippen molar-refractivity contribution in [1.29, 1.82) is 0 Å². The normalized spacial score (nSPS) is 24.0. The Morgan fingerprint density at radius 2 is 1.12 bits per heavy atom. The smallest absolute Gasteiger partial charge is 0.320 e. The number of rotatable bonds is 2. The second-order valence-electron chi connectivity index (χ2n) is 8.56. The van der Waals surface area contributed by atoms with Gasteiger partial charge in [0.15, 0.2) is 5.78 Å². The lowest BCUT2D eigenvalue weighted by molar-refractivity contribution is -0.168. The standard InChI is InChI=1S/C25H22N2O5/c1-31-22(29)24-11-15-7-3-4-8-16(15)12-25(21(24)28,23(30)32-2)14-20-19(13-24)26-17-9-5-6-10-18(17)27-20/h3-10H,11-14H2,1-2H3. The lowest BCUT2D eigenvalue weighted by atomic mass is 9.66. The summed E-state index contributed by atoms with van der Waals surface area (Å²) in [5.74, 6) is -1.82. The molecular formula is C25H22N2O5. The van der Waals surface area contributed by atoms with E-state index in [1.54, 1.807) is 0 Å². The fourth-order valence-corrected chi connectivity index (χ4v) is 5.25. The van der Waals surface area contributed by atoms with Crippen LogP contribution in [0.15, 0.2) is 48.5 Å². The quantitative estimate of drug-likeness (QED) is 0.455. The molecule has 2 aliphatic carbocycles. The van der Waals surface area contributed by atoms with Crippen LogP contribution in [0.3, 0.4) is 0 Å². The lowest BCUT2D eigenvalue weighted by Gasteiger charge is -2.33. The first-order valence-corrected chi connectivity index (χ1v) is 10.5. The van der Waals surface area contributed by atoms with E-state index < -0.39 is 28.6 Å². The number of hydrogen-bond acceptors (Lipinski definition) is 7. The molecule has 0 spiro atoms. The molecule has 1 heterocycles. The Morgan fingerprint density at radius 1 is 0.719 bits per heavy atom. The molecular weight excluding hydrogens is 408 g/mol. The molecule has 0 fully saturated rings. The molecule has 7 nitrogen and oxygen atoms in total. The molecule has 0 radical (unpaired) electrons. The van der Waals surface area contributed by atoms with Crippen LogP contribution in [-0.4, -0.2) is 41.9 Å². The Labute approximate surface area is 184 Å². The number of Topliss-reactive ketones (excluding diaryl/α,β-unsaturated/α-hetero) is 1. The monoisotopic (exact) mass is 430 g/mol. The van der Waals surface area contributed by atoms with E-state index in [-0.39, 0.29) is 25.7 Å². The number of nitrogens with zero attached hydrogens (tertiary/aromatic N) is 2. The zero-order valence-corrected chi connectivity index (χ0v) is 17.9. The molecule has 2 bridgehead atoms. The Bertz CT molecular complexity index is 1190. The summed E-state index contributed by atoms with van der Waals surface area (Å²) < 4.78 is 10.3. The molecule has 5 rings (SSSR count). The number of ketones is 1. The number of methoxy groups -OCH3 is 2. The Hall–Kier alpha value is -3.61. The van der Waals surface area contributed by atoms with Crippen molar-refractivity contribution in [3.8, 4) is 0 Å². The molecule has 0 N–H and O–H groups in total. The zero-order valence-electron chi connectivity index (χ0n) is 17.9. The van der Waals surface area contributed by atoms with Gasteiger partial charge < -0.3 is 9.47 Å². The number of para-hydroxylation sites is 2. The molecule has 32 heavy (non-hydrogen) atoms. The van der Waals surface area contributed by atoms with Crippen LogP contribution in [0.2, 0.25) is 0 Å². The average molecular weight is 430 g/mol. The van der Waals surface area contributed by atoms with E-state index in [9.17, 15) is 14.4 Å². The molecule has 3 aromatic rings. The van der Waals surface area contributed by atoms with Crippen LogP contribution in [0.4, 0.5) is 0 Å². The van der Waals surface area contributed by atoms with Gasteiger partial charge in [-0.3, -0.25) is 14.4 Å². The molecule has 0 saturated heterocycles. The third-order valence-electron chi connectivity index (χ3n) is 6.79. The van der Waals surface area contributed by atoms with Gasteiger partial charge in [-0.15, -0.1) is 0 Å². The second kappa shape index (κ2) is 7.22. The summed E-state index contributed by atoms with van der Waals surface area (Å²) in [6, 6.07) is 14.9. The fraction of sp³-hybridized carbons (Fsp3) is 0.320. The van der Waals surface area contributed by atoms with E-state index in [1.807, 2.05) is 48.5 Å². The number of carbonyl (C=O) groups is 3. The number of benzene rings is 2. The Morgan fingerprint density at radius 3 is 1.53 bits per heavy atom. The minimum absolute atomic E-state index is 0.0127. The predicted octanol–water partition coefficient (Wildman–Crippen LogP) is 2.42. The van der Waals surface area contributed by atoms with E-state index >= 15 is 0 Å². The van der Waals surface area contributed by atoms with Crippen LogP contribution in [0, 0.1) is 10.8 Å². The van der Waals surface area contributed by atoms with Crippen LogP contribution in [0.5, 0.6) is 0 Å². The third kappa shape index (κ3) is 2.77. The minimum atomic E-state index is -1.60. The molecule has 0 amide bonds. The van der Waals surface area contributed by atoms with Crippen LogP contribution < -0.4 is 0 Å². The highest BCUT2D eigenvalue weighted by atomic mass is 16.5. The third-order valence-corrected chi connectivity index (χ3v) is 6.79. The topological polar surface area (TPSA) is 95.5 Å². The van der Waals surface area contributed by atoms with Gasteiger partial charge in [-0.2, -0.15) is 0 Å². The maximum absolute atomic E-state index is 14.3. The highest BCUT2D eigenvalue weighted by molar-refractivity contribution is 6.16. The number of hydrogen-bond donors (Lipinski definition) is 0. The van der Waals surface area contributed by atoms with Gasteiger partial charge in [0.2, 0.25) is 0 Å². The van der Waals surface area contributed by atoms with Crippen LogP contribution in [0.25, 0.3) is 11.0 Å². The molecule has 2 unspecified atom stereocenters. The SMILES string of the molecule is COC(=O)C12Cc3ccccc3CC(C(=O)OC)(Cc3nc4ccccc4nc3C1)C2=O. The number of fused-ring (bicyclic) bond motifs is 5. The van der Waals surface area contributed by atoms with Gasteiger partial charge >= 0.3 is 11.9 Å². The molecule has 0 saturated carbocycles. The largest absolute Gasteiger partial charge is 0.468 e. The average Bonchev–Trinajstić information content (AvgIpc) is 2.99. The van der Waals surface area contributed by atoms with Gasteiger partial charge in [0, 0.05) is 12.8 Å². The highest BCUT2D eigenvalue weighted by Gasteiger charge is 2.63. The van der Waals surface area contributed by atoms with Crippen molar-refractivity contribution in [2.75, 3.05) is 14.2 Å². The summed E-state index contributed by atoms with van der Waals surface area (Å²) in [5, 5.41) is 0. The predicted molar refractivity (Wildman–Crippen MR) is 115 cm³/mol. The Kier molecular flexibility index (Phi) is 4.58. The summed E-state index contributed by atoms with van der Waals surface area (Å²) in [7, 11) is 2.53. The number of ether oxygens (including phenoxy) is 2. The van der Waals surface area contributed by atoms with E-state index in [4.69, 9.17) is 19.4 Å². The van der Waals surface area contributed by atoms with Gasteiger partial charge in [0.1, 0.15) is 10.8 Å². The summed E-state index contributed by atoms with van der Waals surface area (Å²) in [6.07, 6.45) is 0.278. The van der Waals surface area contributed by atoms with Crippen LogP contribution >= 0.6 is 0 Å². The zero-order chi connectivity index (χ0) is 22.5. The van der Waals surface area contributed by atoms with Gasteiger partial charge in [0.05, 0.1) is 36.6 Å². The van der Waals surface area contributed by atoms with E-state index in [0.717, 1.165) is 11.1 Å². The summed E-state index contributed by atoms with van der Waals surface area (Å²) in [4.78, 5) is 50.4. The highest BCUT2D eigenvalue weighted by Crippen LogP contribution is 2.48. The van der Waals surface area contributed by atoms with Gasteiger partial charge in [0.25, 0.3) is 0 Å². The molecule has 162 valence electrons. The van der Waals surface area contributed by atoms with Crippen molar-refractivity contribution in [2.45, 2.75) is 25.7 Å². The molecule has 2 aromatic carbocycles. The van der Waals surface area contributed by atoms with E-state index in [1.165, 1.54) is 14.2 Å². The van der Waals surface area contributed by atoms with Gasteiger partial charge in [-0.05, 0) is 36.1 Å².